The van der Waals surface area contributed by atoms with Crippen molar-refractivity contribution < 1.29 is 0 Å². The van der Waals surface area contributed by atoms with Gasteiger partial charge in [0, 0.05) is 11.8 Å². The maximum Gasteiger partial charge on any atom is 0.0574 e. The number of hydrogen-bond donors (Lipinski definition) is 2. The molecule has 0 saturated carbocycles. The van der Waals surface area contributed by atoms with Gasteiger partial charge in [0.15, 0.2) is 0 Å². The molecule has 52 valence electrons. The predicted molar refractivity (Wildman–Crippen MR) is 41.9 cm³/mol. The van der Waals surface area contributed by atoms with E-state index in [-0.39, 0.29) is 0 Å². The fourth-order valence-corrected chi connectivity index (χ4v) is 0.673. The summed E-state index contributed by atoms with van der Waals surface area (Å²) in [6.07, 6.45) is 6.45. The fourth-order valence-electron chi connectivity index (χ4n) is 0.673. The van der Waals surface area contributed by atoms with Crippen LogP contribution in [-0.4, -0.2) is 4.98 Å². The van der Waals surface area contributed by atoms with Crippen molar-refractivity contribution in [3.63, 3.8) is 0 Å². The van der Waals surface area contributed by atoms with Crippen molar-refractivity contribution in [1.29, 1.82) is 0 Å². The molecular formula is C7H9N3. The minimum Gasteiger partial charge on any atom is -0.405 e. The Morgan fingerprint density at radius 2 is 2.30 bits per heavy atom. The number of rotatable bonds is 1. The van der Waals surface area contributed by atoms with Crippen LogP contribution in [0.2, 0.25) is 0 Å². The predicted octanol–water partition coefficient (Wildman–Crippen LogP) is 0.593. The molecule has 0 aliphatic heterocycles. The van der Waals surface area contributed by atoms with Crippen LogP contribution < -0.4 is 11.5 Å². The summed E-state index contributed by atoms with van der Waals surface area (Å²) >= 11 is 0. The summed E-state index contributed by atoms with van der Waals surface area (Å²) in [7, 11) is 0. The van der Waals surface area contributed by atoms with E-state index in [2.05, 4.69) is 4.98 Å². The molecule has 4 N–H and O–H groups in total. The van der Waals surface area contributed by atoms with E-state index in [1.165, 1.54) is 6.20 Å². The molecule has 0 fully saturated rings. The second-order valence-electron chi connectivity index (χ2n) is 1.86. The summed E-state index contributed by atoms with van der Waals surface area (Å²) < 4.78 is 0. The lowest BCUT2D eigenvalue weighted by Crippen LogP contribution is -1.90. The molecule has 3 nitrogen and oxygen atoms in total. The van der Waals surface area contributed by atoms with Crippen LogP contribution in [0.4, 0.5) is 5.69 Å². The van der Waals surface area contributed by atoms with E-state index in [1.54, 1.807) is 24.5 Å². The topological polar surface area (TPSA) is 64.9 Å². The quantitative estimate of drug-likeness (QED) is 0.592. The molecule has 0 radical (unpaired) electrons. The molecule has 1 rings (SSSR count). The maximum absolute atomic E-state index is 5.54. The smallest absolute Gasteiger partial charge is 0.0574 e. The highest BCUT2D eigenvalue weighted by molar-refractivity contribution is 5.62. The van der Waals surface area contributed by atoms with Crippen molar-refractivity contribution in [2.75, 3.05) is 5.73 Å². The molecule has 0 aliphatic rings. The monoisotopic (exact) mass is 135 g/mol. The summed E-state index contributed by atoms with van der Waals surface area (Å²) in [5.41, 5.74) is 12.3. The van der Waals surface area contributed by atoms with E-state index < -0.39 is 0 Å². The Labute approximate surface area is 59.4 Å². The highest BCUT2D eigenvalue weighted by Crippen LogP contribution is 2.08. The van der Waals surface area contributed by atoms with Gasteiger partial charge in [0.05, 0.1) is 11.9 Å². The first-order valence-corrected chi connectivity index (χ1v) is 2.92. The zero-order valence-electron chi connectivity index (χ0n) is 5.49. The first kappa shape index (κ1) is 6.61. The normalized spacial score (nSPS) is 10.4. The van der Waals surface area contributed by atoms with E-state index in [0.29, 0.717) is 5.69 Å². The minimum atomic E-state index is 0.643. The Morgan fingerprint density at radius 1 is 1.50 bits per heavy atom. The lowest BCUT2D eigenvalue weighted by Gasteiger charge is -1.95. The third kappa shape index (κ3) is 1.25. The molecule has 0 aliphatic carbocycles. The summed E-state index contributed by atoms with van der Waals surface area (Å²) in [5.74, 6) is 0. The Hall–Kier alpha value is -1.51. The molecule has 1 aromatic rings. The number of aromatic nitrogens is 1. The molecule has 0 amide bonds. The van der Waals surface area contributed by atoms with Gasteiger partial charge in [-0.15, -0.1) is 0 Å². The van der Waals surface area contributed by atoms with Crippen LogP contribution in [0.1, 0.15) is 5.56 Å². The highest BCUT2D eigenvalue weighted by Gasteiger charge is 1.89. The molecule has 1 heterocycles. The summed E-state index contributed by atoms with van der Waals surface area (Å²) in [6, 6.07) is 1.80. The number of pyridine rings is 1. The summed E-state index contributed by atoms with van der Waals surface area (Å²) in [6.45, 7) is 0. The molecule has 0 bridgehead atoms. The van der Waals surface area contributed by atoms with Crippen molar-refractivity contribution in [3.8, 4) is 0 Å². The van der Waals surface area contributed by atoms with E-state index in [4.69, 9.17) is 11.5 Å². The lowest BCUT2D eigenvalue weighted by atomic mass is 10.2. The van der Waals surface area contributed by atoms with Crippen molar-refractivity contribution >= 4 is 11.8 Å². The lowest BCUT2D eigenvalue weighted by molar-refractivity contribution is 1.32. The van der Waals surface area contributed by atoms with Crippen molar-refractivity contribution in [3.05, 3.63) is 30.2 Å². The van der Waals surface area contributed by atoms with Crippen molar-refractivity contribution in [2.45, 2.75) is 0 Å². The Morgan fingerprint density at radius 3 is 2.90 bits per heavy atom. The van der Waals surface area contributed by atoms with Gasteiger partial charge in [0.25, 0.3) is 0 Å². The third-order valence-electron chi connectivity index (χ3n) is 1.16. The molecule has 0 atom stereocenters. The van der Waals surface area contributed by atoms with E-state index in [9.17, 15) is 0 Å². The van der Waals surface area contributed by atoms with E-state index in [0.717, 1.165) is 5.56 Å². The number of hydrogen-bond acceptors (Lipinski definition) is 3. The van der Waals surface area contributed by atoms with Crippen LogP contribution in [0.15, 0.2) is 24.7 Å². The van der Waals surface area contributed by atoms with E-state index >= 15 is 0 Å². The van der Waals surface area contributed by atoms with Gasteiger partial charge in [-0.2, -0.15) is 0 Å². The van der Waals surface area contributed by atoms with Crippen LogP contribution in [0, 0.1) is 0 Å². The van der Waals surface area contributed by atoms with Crippen LogP contribution >= 0.6 is 0 Å². The van der Waals surface area contributed by atoms with Gasteiger partial charge in [-0.25, -0.2) is 0 Å². The Balaban J connectivity index is 3.03. The molecule has 3 heteroatoms. The first-order chi connectivity index (χ1) is 4.84. The summed E-state index contributed by atoms with van der Waals surface area (Å²) in [5, 5.41) is 0. The van der Waals surface area contributed by atoms with Crippen LogP contribution in [0.3, 0.4) is 0 Å². The van der Waals surface area contributed by atoms with Gasteiger partial charge in [-0.1, -0.05) is 0 Å². The Bertz CT molecular complexity index is 242. The second-order valence-corrected chi connectivity index (χ2v) is 1.86. The summed E-state index contributed by atoms with van der Waals surface area (Å²) in [4.78, 5) is 3.83. The average molecular weight is 135 g/mol. The van der Waals surface area contributed by atoms with Crippen LogP contribution in [0.5, 0.6) is 0 Å². The molecular weight excluding hydrogens is 126 g/mol. The molecule has 0 saturated heterocycles. The molecule has 1 aromatic heterocycles. The van der Waals surface area contributed by atoms with Gasteiger partial charge < -0.3 is 11.5 Å². The largest absolute Gasteiger partial charge is 0.405 e. The third-order valence-corrected chi connectivity index (χ3v) is 1.16. The molecule has 0 unspecified atom stereocenters. The number of nitrogens with two attached hydrogens (primary N) is 2. The molecule has 0 aromatic carbocycles. The van der Waals surface area contributed by atoms with Gasteiger partial charge in [0.2, 0.25) is 0 Å². The number of nitrogens with zero attached hydrogens (tertiary/aromatic N) is 1. The van der Waals surface area contributed by atoms with Gasteiger partial charge >= 0.3 is 0 Å². The van der Waals surface area contributed by atoms with Crippen LogP contribution in [0.25, 0.3) is 6.08 Å². The molecule has 0 spiro atoms. The minimum absolute atomic E-state index is 0.643. The second kappa shape index (κ2) is 2.87. The van der Waals surface area contributed by atoms with E-state index in [1.807, 2.05) is 0 Å². The van der Waals surface area contributed by atoms with Crippen LogP contribution in [-0.2, 0) is 0 Å². The zero-order chi connectivity index (χ0) is 7.40. The first-order valence-electron chi connectivity index (χ1n) is 2.92. The van der Waals surface area contributed by atoms with Gasteiger partial charge in [-0.05, 0) is 18.3 Å². The van der Waals surface area contributed by atoms with Gasteiger partial charge in [-0.3, -0.25) is 4.98 Å². The number of anilines is 1. The van der Waals surface area contributed by atoms with Crippen molar-refractivity contribution in [2.24, 2.45) is 5.73 Å². The average Bonchev–Trinajstić information content (AvgIpc) is 1.94. The zero-order valence-corrected chi connectivity index (χ0v) is 5.49. The number of nitrogen functional groups attached to an aromatic ring is 1. The van der Waals surface area contributed by atoms with Crippen molar-refractivity contribution in [1.82, 2.24) is 4.98 Å². The standard InChI is InChI=1S/C7H9N3/c8-3-1-6-2-4-10-5-7(6)9/h1-5H,8-9H2/b3-1-. The maximum atomic E-state index is 5.54. The van der Waals surface area contributed by atoms with Gasteiger partial charge in [0.1, 0.15) is 0 Å². The fraction of sp³-hybridized carbons (Fsp3) is 0. The highest BCUT2D eigenvalue weighted by atomic mass is 14.7. The Kier molecular flexibility index (Phi) is 1.89. The SMILES string of the molecule is N/C=C\c1ccncc1N. The molecule has 10 heavy (non-hydrogen) atoms.